The van der Waals surface area contributed by atoms with Crippen LogP contribution in [0.25, 0.3) is 0 Å². The quantitative estimate of drug-likeness (QED) is 0.778. The summed E-state index contributed by atoms with van der Waals surface area (Å²) in [6.45, 7) is 0.600. The van der Waals surface area contributed by atoms with Gasteiger partial charge in [0.2, 0.25) is 0 Å². The second kappa shape index (κ2) is 3.87. The van der Waals surface area contributed by atoms with Crippen molar-refractivity contribution in [2.24, 2.45) is 5.73 Å². The van der Waals surface area contributed by atoms with Crippen LogP contribution in [0.5, 0.6) is 5.75 Å². The van der Waals surface area contributed by atoms with Crippen molar-refractivity contribution in [3.05, 3.63) is 28.0 Å². The number of hydrogen-bond acceptors (Lipinski definition) is 2. The molecule has 0 aliphatic carbocycles. The Hall–Kier alpha value is -0.610. The molecule has 0 amide bonds. The molecule has 0 saturated carbocycles. The Balaban J connectivity index is 2.57. The molecule has 2 nitrogen and oxygen atoms in total. The summed E-state index contributed by atoms with van der Waals surface area (Å²) in [6.07, 6.45) is 1.63. The summed E-state index contributed by atoms with van der Waals surface area (Å²) in [6, 6.07) is 2.80. The molecule has 1 aromatic carbocycles. The molecule has 14 heavy (non-hydrogen) atoms. The molecule has 2 N–H and O–H groups in total. The molecule has 1 aromatic rings. The highest BCUT2D eigenvalue weighted by atomic mass is 79.9. The monoisotopic (exact) mass is 259 g/mol. The zero-order chi connectivity index (χ0) is 10.1. The fourth-order valence-corrected chi connectivity index (χ4v) is 2.12. The van der Waals surface area contributed by atoms with Gasteiger partial charge in [0.1, 0.15) is 11.6 Å². The first-order chi connectivity index (χ1) is 6.70. The topological polar surface area (TPSA) is 35.2 Å². The van der Waals surface area contributed by atoms with Crippen LogP contribution in [0.15, 0.2) is 16.6 Å². The van der Waals surface area contributed by atoms with E-state index in [0.29, 0.717) is 17.9 Å². The molecule has 0 fully saturated rings. The second-order valence-corrected chi connectivity index (χ2v) is 4.22. The molecule has 0 aromatic heterocycles. The predicted molar refractivity (Wildman–Crippen MR) is 55.8 cm³/mol. The largest absolute Gasteiger partial charge is 0.492 e. The van der Waals surface area contributed by atoms with Crippen LogP contribution < -0.4 is 10.5 Å². The highest BCUT2D eigenvalue weighted by Gasteiger charge is 2.22. The fraction of sp³-hybridized carbons (Fsp3) is 0.400. The maximum Gasteiger partial charge on any atom is 0.141 e. The lowest BCUT2D eigenvalue weighted by Crippen LogP contribution is -2.11. The third-order valence-corrected chi connectivity index (χ3v) is 3.00. The average molecular weight is 260 g/mol. The van der Waals surface area contributed by atoms with Gasteiger partial charge in [0.25, 0.3) is 0 Å². The molecule has 0 radical (unpaired) electrons. The molecule has 1 aliphatic heterocycles. The minimum Gasteiger partial charge on any atom is -0.492 e. The van der Waals surface area contributed by atoms with Crippen LogP contribution >= 0.6 is 15.9 Å². The third-order valence-electron chi connectivity index (χ3n) is 2.37. The van der Waals surface area contributed by atoms with E-state index >= 15 is 0 Å². The molecule has 2 rings (SSSR count). The highest BCUT2D eigenvalue weighted by Crippen LogP contribution is 2.37. The van der Waals surface area contributed by atoms with Crippen LogP contribution in [-0.2, 0) is 0 Å². The summed E-state index contributed by atoms with van der Waals surface area (Å²) >= 11 is 3.33. The van der Waals surface area contributed by atoms with Gasteiger partial charge in [0, 0.05) is 11.6 Å². The average Bonchev–Trinajstić information content (AvgIpc) is 2.35. The number of halogens is 2. The van der Waals surface area contributed by atoms with E-state index in [0.717, 1.165) is 17.3 Å². The molecule has 1 aliphatic rings. The minimum atomic E-state index is -0.280. The van der Waals surface area contributed by atoms with Crippen LogP contribution in [0.3, 0.4) is 0 Å². The van der Waals surface area contributed by atoms with Crippen molar-refractivity contribution in [1.29, 1.82) is 0 Å². The summed E-state index contributed by atoms with van der Waals surface area (Å²) in [7, 11) is 0. The minimum absolute atomic E-state index is 0.259. The first-order valence-corrected chi connectivity index (χ1v) is 5.35. The number of fused-ring (bicyclic) bond motifs is 1. The second-order valence-electron chi connectivity index (χ2n) is 3.37. The maximum absolute atomic E-state index is 13.5. The molecular formula is C10H11BrFNO. The lowest BCUT2D eigenvalue weighted by atomic mass is 10.0. The Kier molecular flexibility index (Phi) is 2.74. The molecule has 0 saturated heterocycles. The van der Waals surface area contributed by atoms with Crippen LogP contribution in [0.4, 0.5) is 4.39 Å². The molecule has 1 atom stereocenters. The van der Waals surface area contributed by atoms with E-state index in [4.69, 9.17) is 10.5 Å². The van der Waals surface area contributed by atoms with E-state index in [1.807, 2.05) is 0 Å². The Labute approximate surface area is 90.4 Å². The van der Waals surface area contributed by atoms with Gasteiger partial charge in [-0.2, -0.15) is 0 Å². The summed E-state index contributed by atoms with van der Waals surface area (Å²) in [5, 5.41) is 0. The van der Waals surface area contributed by atoms with E-state index in [1.165, 1.54) is 6.07 Å². The smallest absolute Gasteiger partial charge is 0.141 e. The van der Waals surface area contributed by atoms with E-state index in [2.05, 4.69) is 15.9 Å². The third kappa shape index (κ3) is 1.64. The molecule has 0 bridgehead atoms. The zero-order valence-electron chi connectivity index (χ0n) is 7.59. The molecule has 76 valence electrons. The van der Waals surface area contributed by atoms with Crippen molar-refractivity contribution in [3.63, 3.8) is 0 Å². The van der Waals surface area contributed by atoms with Gasteiger partial charge in [0.15, 0.2) is 0 Å². The van der Waals surface area contributed by atoms with Crippen LogP contribution in [0, 0.1) is 5.82 Å². The van der Waals surface area contributed by atoms with E-state index in [1.54, 1.807) is 6.07 Å². The summed E-state index contributed by atoms with van der Waals surface area (Å²) < 4.78 is 19.7. The lowest BCUT2D eigenvalue weighted by molar-refractivity contribution is 0.313. The zero-order valence-corrected chi connectivity index (χ0v) is 9.18. The number of hydrogen-bond donors (Lipinski definition) is 1. The van der Waals surface area contributed by atoms with Crippen molar-refractivity contribution < 1.29 is 9.13 Å². The molecule has 1 heterocycles. The molecular weight excluding hydrogens is 249 g/mol. The predicted octanol–water partition coefficient (Wildman–Crippen LogP) is 2.76. The number of benzene rings is 1. The SMILES string of the molecule is N[C@H]1CCCOc2c(Br)ccc(F)c21. The summed E-state index contributed by atoms with van der Waals surface area (Å²) in [5.41, 5.74) is 6.37. The molecule has 0 unspecified atom stereocenters. The van der Waals surface area contributed by atoms with Gasteiger partial charge in [-0.1, -0.05) is 0 Å². The number of nitrogens with two attached hydrogens (primary N) is 1. The van der Waals surface area contributed by atoms with Crippen molar-refractivity contribution in [1.82, 2.24) is 0 Å². The van der Waals surface area contributed by atoms with Gasteiger partial charge in [-0.05, 0) is 40.9 Å². The molecule has 4 heteroatoms. The number of ether oxygens (including phenoxy) is 1. The van der Waals surface area contributed by atoms with E-state index in [9.17, 15) is 4.39 Å². The standard InChI is InChI=1S/C10H11BrFNO/c11-6-3-4-7(12)9-8(13)2-1-5-14-10(6)9/h3-4,8H,1-2,5,13H2/t8-/m0/s1. The van der Waals surface area contributed by atoms with Crippen LogP contribution in [0.2, 0.25) is 0 Å². The number of rotatable bonds is 0. The Bertz CT molecular complexity index is 356. The van der Waals surface area contributed by atoms with Crippen molar-refractivity contribution in [2.45, 2.75) is 18.9 Å². The van der Waals surface area contributed by atoms with Crippen molar-refractivity contribution in [2.75, 3.05) is 6.61 Å². The van der Waals surface area contributed by atoms with Gasteiger partial charge >= 0.3 is 0 Å². The Morgan fingerprint density at radius 3 is 3.07 bits per heavy atom. The summed E-state index contributed by atoms with van der Waals surface area (Å²) in [5.74, 6) is 0.285. The summed E-state index contributed by atoms with van der Waals surface area (Å²) in [4.78, 5) is 0. The van der Waals surface area contributed by atoms with Gasteiger partial charge in [-0.15, -0.1) is 0 Å². The molecule has 0 spiro atoms. The fourth-order valence-electron chi connectivity index (χ4n) is 1.66. The van der Waals surface area contributed by atoms with Crippen LogP contribution in [0.1, 0.15) is 24.4 Å². The Morgan fingerprint density at radius 1 is 1.50 bits per heavy atom. The van der Waals surface area contributed by atoms with E-state index in [-0.39, 0.29) is 11.9 Å². The highest BCUT2D eigenvalue weighted by molar-refractivity contribution is 9.10. The van der Waals surface area contributed by atoms with Crippen LogP contribution in [-0.4, -0.2) is 6.61 Å². The van der Waals surface area contributed by atoms with Gasteiger partial charge in [-0.3, -0.25) is 0 Å². The lowest BCUT2D eigenvalue weighted by Gasteiger charge is -2.13. The van der Waals surface area contributed by atoms with E-state index < -0.39 is 0 Å². The van der Waals surface area contributed by atoms with Gasteiger partial charge in [-0.25, -0.2) is 4.39 Å². The normalized spacial score (nSPS) is 20.9. The van der Waals surface area contributed by atoms with Gasteiger partial charge in [0.05, 0.1) is 11.1 Å². The maximum atomic E-state index is 13.5. The Morgan fingerprint density at radius 2 is 2.29 bits per heavy atom. The van der Waals surface area contributed by atoms with Gasteiger partial charge < -0.3 is 10.5 Å². The van der Waals surface area contributed by atoms with Crippen molar-refractivity contribution >= 4 is 15.9 Å². The first kappa shape index (κ1) is 9.93. The first-order valence-electron chi connectivity index (χ1n) is 4.56. The van der Waals surface area contributed by atoms with Crippen molar-refractivity contribution in [3.8, 4) is 5.75 Å².